The molecule has 2 rings (SSSR count). The van der Waals surface area contributed by atoms with Gasteiger partial charge < -0.3 is 9.84 Å². The highest BCUT2D eigenvalue weighted by Gasteiger charge is 2.44. The van der Waals surface area contributed by atoms with Gasteiger partial charge in [0.25, 0.3) is 0 Å². The van der Waals surface area contributed by atoms with Crippen LogP contribution in [0.15, 0.2) is 24.3 Å². The largest absolute Gasteiger partial charge is 0.478 e. The Morgan fingerprint density at radius 2 is 1.94 bits per heavy atom. The van der Waals surface area contributed by atoms with E-state index < -0.39 is 5.97 Å². The van der Waals surface area contributed by atoms with Crippen LogP contribution in [0.1, 0.15) is 28.3 Å². The standard InChI is InChI=1S/C12H12O4/c1-16-12(15)10-6-9(10)7-2-4-8(5-3-7)11(13)14/h2-5,9-10H,6H2,1H3,(H,13,14)/t9-,10-/m0/s1. The van der Waals surface area contributed by atoms with Crippen LogP contribution >= 0.6 is 0 Å². The minimum absolute atomic E-state index is 0.0549. The third-order valence-electron chi connectivity index (χ3n) is 2.88. The van der Waals surface area contributed by atoms with Crippen molar-refractivity contribution in [1.82, 2.24) is 0 Å². The molecule has 1 aromatic rings. The van der Waals surface area contributed by atoms with Crippen LogP contribution in [-0.4, -0.2) is 24.2 Å². The number of hydrogen-bond donors (Lipinski definition) is 1. The molecule has 0 bridgehead atoms. The van der Waals surface area contributed by atoms with Crippen molar-refractivity contribution in [2.45, 2.75) is 12.3 Å². The third kappa shape index (κ3) is 1.91. The van der Waals surface area contributed by atoms with Crippen molar-refractivity contribution in [1.29, 1.82) is 0 Å². The number of aromatic carboxylic acids is 1. The number of esters is 1. The molecule has 16 heavy (non-hydrogen) atoms. The summed E-state index contributed by atoms with van der Waals surface area (Å²) in [6, 6.07) is 6.64. The maximum atomic E-state index is 11.2. The number of rotatable bonds is 3. The zero-order valence-corrected chi connectivity index (χ0v) is 8.84. The number of hydrogen-bond acceptors (Lipinski definition) is 3. The third-order valence-corrected chi connectivity index (χ3v) is 2.88. The zero-order valence-electron chi connectivity index (χ0n) is 8.84. The van der Waals surface area contributed by atoms with Gasteiger partial charge in [0, 0.05) is 0 Å². The van der Waals surface area contributed by atoms with Gasteiger partial charge in [-0.25, -0.2) is 4.79 Å². The molecular weight excluding hydrogens is 208 g/mol. The summed E-state index contributed by atoms with van der Waals surface area (Å²) in [4.78, 5) is 21.9. The SMILES string of the molecule is COC(=O)[C@H]1C[C@H]1c1ccc(C(=O)O)cc1. The molecule has 1 N–H and O–H groups in total. The quantitative estimate of drug-likeness (QED) is 0.787. The number of carbonyl (C=O) groups is 2. The van der Waals surface area contributed by atoms with Crippen molar-refractivity contribution in [3.8, 4) is 0 Å². The molecular formula is C12H12O4. The van der Waals surface area contributed by atoms with Gasteiger partial charge >= 0.3 is 11.9 Å². The van der Waals surface area contributed by atoms with Crippen molar-refractivity contribution in [2.24, 2.45) is 5.92 Å². The molecule has 0 amide bonds. The molecule has 4 heteroatoms. The van der Waals surface area contributed by atoms with E-state index in [1.807, 2.05) is 0 Å². The van der Waals surface area contributed by atoms with Gasteiger partial charge in [-0.1, -0.05) is 12.1 Å². The summed E-state index contributed by atoms with van der Waals surface area (Å²) >= 11 is 0. The molecule has 0 unspecified atom stereocenters. The van der Waals surface area contributed by atoms with Gasteiger partial charge in [0.15, 0.2) is 0 Å². The lowest BCUT2D eigenvalue weighted by atomic mass is 10.1. The average Bonchev–Trinajstić information content (AvgIpc) is 3.08. The van der Waals surface area contributed by atoms with Gasteiger partial charge in [-0.2, -0.15) is 0 Å². The summed E-state index contributed by atoms with van der Waals surface area (Å²) in [5, 5.41) is 8.73. The number of carbonyl (C=O) groups excluding carboxylic acids is 1. The molecule has 0 aliphatic heterocycles. The summed E-state index contributed by atoms with van der Waals surface area (Å²) in [7, 11) is 1.38. The average molecular weight is 220 g/mol. The lowest BCUT2D eigenvalue weighted by Gasteiger charge is -2.00. The van der Waals surface area contributed by atoms with Crippen molar-refractivity contribution < 1.29 is 19.4 Å². The highest BCUT2D eigenvalue weighted by atomic mass is 16.5. The molecule has 0 spiro atoms. The van der Waals surface area contributed by atoms with Crippen LogP contribution in [0.3, 0.4) is 0 Å². The first-order valence-corrected chi connectivity index (χ1v) is 5.04. The number of benzene rings is 1. The van der Waals surface area contributed by atoms with E-state index in [1.54, 1.807) is 24.3 Å². The zero-order chi connectivity index (χ0) is 11.7. The van der Waals surface area contributed by atoms with Gasteiger partial charge in [0.1, 0.15) is 0 Å². The van der Waals surface area contributed by atoms with Crippen LogP contribution in [0.4, 0.5) is 0 Å². The Bertz CT molecular complexity index is 421. The van der Waals surface area contributed by atoms with Gasteiger partial charge in [-0.05, 0) is 30.0 Å². The van der Waals surface area contributed by atoms with E-state index in [1.165, 1.54) is 7.11 Å². The number of methoxy groups -OCH3 is 1. The predicted octanol–water partition coefficient (Wildman–Crippen LogP) is 1.66. The van der Waals surface area contributed by atoms with Crippen LogP contribution < -0.4 is 0 Å². The Labute approximate surface area is 92.8 Å². The van der Waals surface area contributed by atoms with Crippen LogP contribution in [0.25, 0.3) is 0 Å². The van der Waals surface area contributed by atoms with Gasteiger partial charge in [-0.3, -0.25) is 4.79 Å². The lowest BCUT2D eigenvalue weighted by Crippen LogP contribution is -2.04. The molecule has 0 radical (unpaired) electrons. The molecule has 1 aliphatic rings. The normalized spacial score (nSPS) is 22.6. The molecule has 2 atom stereocenters. The first-order chi connectivity index (χ1) is 7.63. The van der Waals surface area contributed by atoms with Crippen molar-refractivity contribution >= 4 is 11.9 Å². The number of ether oxygens (including phenoxy) is 1. The van der Waals surface area contributed by atoms with E-state index in [0.29, 0.717) is 0 Å². The van der Waals surface area contributed by atoms with Crippen LogP contribution in [-0.2, 0) is 9.53 Å². The van der Waals surface area contributed by atoms with Crippen molar-refractivity contribution in [3.05, 3.63) is 35.4 Å². The van der Waals surface area contributed by atoms with Gasteiger partial charge in [-0.15, -0.1) is 0 Å². The molecule has 1 saturated carbocycles. The minimum Gasteiger partial charge on any atom is -0.478 e. The second kappa shape index (κ2) is 3.96. The maximum Gasteiger partial charge on any atom is 0.335 e. The molecule has 0 aromatic heterocycles. The number of carboxylic acid groups (broad SMARTS) is 1. The molecule has 4 nitrogen and oxygen atoms in total. The summed E-state index contributed by atoms with van der Waals surface area (Å²) in [6.07, 6.45) is 0.791. The fourth-order valence-corrected chi connectivity index (χ4v) is 1.85. The van der Waals surface area contributed by atoms with E-state index in [0.717, 1.165) is 12.0 Å². The minimum atomic E-state index is -0.938. The fourth-order valence-electron chi connectivity index (χ4n) is 1.85. The first-order valence-electron chi connectivity index (χ1n) is 5.04. The molecule has 84 valence electrons. The Hall–Kier alpha value is -1.84. The molecule has 0 saturated heterocycles. The Kier molecular flexibility index (Phi) is 2.64. The fraction of sp³-hybridized carbons (Fsp3) is 0.333. The van der Waals surface area contributed by atoms with E-state index in [9.17, 15) is 9.59 Å². The summed E-state index contributed by atoms with van der Waals surface area (Å²) in [5.41, 5.74) is 1.26. The Balaban J connectivity index is 2.07. The van der Waals surface area contributed by atoms with E-state index in [4.69, 9.17) is 5.11 Å². The van der Waals surface area contributed by atoms with Gasteiger partial charge in [0.05, 0.1) is 18.6 Å². The van der Waals surface area contributed by atoms with Crippen LogP contribution in [0.2, 0.25) is 0 Å². The topological polar surface area (TPSA) is 63.6 Å². The summed E-state index contributed by atoms with van der Waals surface area (Å²) < 4.78 is 4.65. The second-order valence-corrected chi connectivity index (χ2v) is 3.90. The highest BCUT2D eigenvalue weighted by Crippen LogP contribution is 2.47. The van der Waals surface area contributed by atoms with Crippen molar-refractivity contribution in [3.63, 3.8) is 0 Å². The first kappa shape index (κ1) is 10.7. The van der Waals surface area contributed by atoms with Crippen LogP contribution in [0, 0.1) is 5.92 Å². The van der Waals surface area contributed by atoms with Crippen molar-refractivity contribution in [2.75, 3.05) is 7.11 Å². The smallest absolute Gasteiger partial charge is 0.335 e. The second-order valence-electron chi connectivity index (χ2n) is 3.90. The summed E-state index contributed by atoms with van der Waals surface area (Å²) in [6.45, 7) is 0. The van der Waals surface area contributed by atoms with E-state index in [2.05, 4.69) is 4.74 Å². The Morgan fingerprint density at radius 1 is 1.31 bits per heavy atom. The predicted molar refractivity (Wildman–Crippen MR) is 56.3 cm³/mol. The maximum absolute atomic E-state index is 11.2. The van der Waals surface area contributed by atoms with E-state index in [-0.39, 0.29) is 23.4 Å². The van der Waals surface area contributed by atoms with Crippen LogP contribution in [0.5, 0.6) is 0 Å². The molecule has 1 fully saturated rings. The molecule has 0 heterocycles. The number of carboxylic acids is 1. The highest BCUT2D eigenvalue weighted by molar-refractivity contribution is 5.87. The van der Waals surface area contributed by atoms with E-state index >= 15 is 0 Å². The Morgan fingerprint density at radius 3 is 2.44 bits per heavy atom. The lowest BCUT2D eigenvalue weighted by molar-refractivity contribution is -0.142. The molecule has 1 aliphatic carbocycles. The molecule has 1 aromatic carbocycles. The van der Waals surface area contributed by atoms with Gasteiger partial charge in [0.2, 0.25) is 0 Å². The summed E-state index contributed by atoms with van der Waals surface area (Å²) in [5.74, 6) is -0.991. The monoisotopic (exact) mass is 220 g/mol.